The Morgan fingerprint density at radius 1 is 1.71 bits per heavy atom. The molecule has 1 aromatic heterocycles. The van der Waals surface area contributed by atoms with Crippen molar-refractivity contribution in [2.75, 3.05) is 0 Å². The molecule has 0 aliphatic carbocycles. The van der Waals surface area contributed by atoms with Crippen molar-refractivity contribution in [3.05, 3.63) is 18.2 Å². The summed E-state index contributed by atoms with van der Waals surface area (Å²) in [6.07, 6.45) is 1.32. The first-order valence-corrected chi connectivity index (χ1v) is 1.82. The highest BCUT2D eigenvalue weighted by Gasteiger charge is 1.94. The van der Waals surface area contributed by atoms with Crippen LogP contribution >= 0.6 is 0 Å². The molecule has 0 spiro atoms. The number of H-pyrrole nitrogens is 1. The first kappa shape index (κ1) is 4.18. The van der Waals surface area contributed by atoms with Crippen LogP contribution in [0.2, 0.25) is 0 Å². The van der Waals surface area contributed by atoms with Crippen molar-refractivity contribution in [2.24, 2.45) is 0 Å². The van der Waals surface area contributed by atoms with Gasteiger partial charge in [-0.15, -0.1) is 0 Å². The van der Waals surface area contributed by atoms with Crippen LogP contribution in [0.1, 0.15) is 0 Å². The Balaban J connectivity index is 3.12. The molecular weight excluding hydrogens is 97.0 g/mol. The monoisotopic (exact) mass is 101 g/mol. The third-order valence-electron chi connectivity index (χ3n) is 0.676. The second-order valence-electron chi connectivity index (χ2n) is 1.18. The van der Waals surface area contributed by atoms with Gasteiger partial charge in [-0.3, -0.25) is 0 Å². The van der Waals surface area contributed by atoms with Gasteiger partial charge in [-0.25, -0.2) is 0 Å². The summed E-state index contributed by atoms with van der Waals surface area (Å²) in [5, 5.41) is 8.35. The Morgan fingerprint density at radius 2 is 2.43 bits per heavy atom. The minimum Gasteiger partial charge on any atom is -0.504 e. The molecule has 0 saturated heterocycles. The maximum absolute atomic E-state index is 11.8. The van der Waals surface area contributed by atoms with E-state index in [1.807, 2.05) is 0 Å². The minimum atomic E-state index is -0.681. The standard InChI is InChI=1S/C4H4FNO/c5-4-3(7)1-2-6-4/h1-2,6-7H. The molecule has 0 fully saturated rings. The zero-order valence-corrected chi connectivity index (χ0v) is 3.48. The lowest BCUT2D eigenvalue weighted by molar-refractivity contribution is 0.427. The van der Waals surface area contributed by atoms with Crippen molar-refractivity contribution in [3.8, 4) is 5.75 Å². The molecule has 0 unspecified atom stereocenters. The Labute approximate surface area is 39.6 Å². The summed E-state index contributed by atoms with van der Waals surface area (Å²) in [5.74, 6) is -1.01. The van der Waals surface area contributed by atoms with Crippen molar-refractivity contribution in [3.63, 3.8) is 0 Å². The summed E-state index contributed by atoms with van der Waals surface area (Å²) in [6, 6.07) is 1.25. The van der Waals surface area contributed by atoms with Crippen LogP contribution in [0.15, 0.2) is 12.3 Å². The Bertz CT molecular complexity index is 144. The van der Waals surface area contributed by atoms with E-state index in [0.29, 0.717) is 0 Å². The molecule has 0 saturated carbocycles. The van der Waals surface area contributed by atoms with E-state index in [9.17, 15) is 4.39 Å². The van der Waals surface area contributed by atoms with E-state index >= 15 is 0 Å². The number of hydrogen-bond donors (Lipinski definition) is 2. The average Bonchev–Trinajstić information content (AvgIpc) is 1.91. The van der Waals surface area contributed by atoms with Crippen LogP contribution in [0, 0.1) is 5.95 Å². The van der Waals surface area contributed by atoms with E-state index in [-0.39, 0.29) is 5.75 Å². The van der Waals surface area contributed by atoms with Gasteiger partial charge in [-0.05, 0) is 0 Å². The summed E-state index contributed by atoms with van der Waals surface area (Å²) >= 11 is 0. The number of aromatic nitrogens is 1. The maximum Gasteiger partial charge on any atom is 0.233 e. The Morgan fingerprint density at radius 3 is 2.57 bits per heavy atom. The third-order valence-corrected chi connectivity index (χ3v) is 0.676. The Hall–Kier alpha value is -0.990. The van der Waals surface area contributed by atoms with Gasteiger partial charge in [0.05, 0.1) is 0 Å². The number of halogens is 1. The van der Waals surface area contributed by atoms with Crippen LogP contribution in [-0.2, 0) is 0 Å². The van der Waals surface area contributed by atoms with E-state index in [4.69, 9.17) is 5.11 Å². The van der Waals surface area contributed by atoms with Gasteiger partial charge in [0.25, 0.3) is 0 Å². The van der Waals surface area contributed by atoms with Gasteiger partial charge in [0.2, 0.25) is 5.95 Å². The van der Waals surface area contributed by atoms with Crippen molar-refractivity contribution >= 4 is 0 Å². The van der Waals surface area contributed by atoms with Crippen LogP contribution < -0.4 is 0 Å². The molecule has 1 aromatic rings. The van der Waals surface area contributed by atoms with Gasteiger partial charge in [-0.2, -0.15) is 4.39 Å². The smallest absolute Gasteiger partial charge is 0.233 e. The van der Waals surface area contributed by atoms with E-state index in [0.717, 1.165) is 0 Å². The van der Waals surface area contributed by atoms with E-state index in [1.54, 1.807) is 0 Å². The zero-order chi connectivity index (χ0) is 5.28. The second kappa shape index (κ2) is 1.26. The molecular formula is C4H4FNO. The normalized spacial score (nSPS) is 9.29. The number of hydrogen-bond acceptors (Lipinski definition) is 1. The van der Waals surface area contributed by atoms with Crippen molar-refractivity contribution < 1.29 is 9.50 Å². The molecule has 2 N–H and O–H groups in total. The molecule has 0 amide bonds. The number of aromatic hydroxyl groups is 1. The van der Waals surface area contributed by atoms with Crippen molar-refractivity contribution in [1.29, 1.82) is 0 Å². The van der Waals surface area contributed by atoms with Gasteiger partial charge >= 0.3 is 0 Å². The summed E-state index contributed by atoms with van der Waals surface area (Å²) < 4.78 is 11.8. The highest BCUT2D eigenvalue weighted by atomic mass is 19.1. The molecule has 0 aromatic carbocycles. The fourth-order valence-electron chi connectivity index (χ4n) is 0.341. The van der Waals surface area contributed by atoms with E-state index < -0.39 is 5.95 Å². The average molecular weight is 101 g/mol. The second-order valence-corrected chi connectivity index (χ2v) is 1.18. The Kier molecular flexibility index (Phi) is 0.749. The van der Waals surface area contributed by atoms with Gasteiger partial charge in [0.15, 0.2) is 5.75 Å². The van der Waals surface area contributed by atoms with Gasteiger partial charge in [0.1, 0.15) is 0 Å². The molecule has 3 heteroatoms. The third kappa shape index (κ3) is 0.559. The topological polar surface area (TPSA) is 36.0 Å². The molecule has 2 nitrogen and oxygen atoms in total. The molecule has 0 aliphatic rings. The summed E-state index contributed by atoms with van der Waals surface area (Å²) in [4.78, 5) is 2.15. The molecule has 1 heterocycles. The lowest BCUT2D eigenvalue weighted by atomic mass is 10.6. The SMILES string of the molecule is Oc1cc[nH]c1F. The number of rotatable bonds is 0. The van der Waals surface area contributed by atoms with Gasteiger partial charge in [0, 0.05) is 12.3 Å². The molecule has 0 atom stereocenters. The minimum absolute atomic E-state index is 0.333. The largest absolute Gasteiger partial charge is 0.504 e. The van der Waals surface area contributed by atoms with Gasteiger partial charge in [-0.1, -0.05) is 0 Å². The van der Waals surface area contributed by atoms with E-state index in [2.05, 4.69) is 4.98 Å². The molecule has 0 radical (unpaired) electrons. The molecule has 38 valence electrons. The van der Waals surface area contributed by atoms with Crippen LogP contribution in [0.5, 0.6) is 5.75 Å². The predicted octanol–water partition coefficient (Wildman–Crippen LogP) is 0.859. The summed E-state index contributed by atoms with van der Waals surface area (Å²) in [7, 11) is 0. The molecule has 1 rings (SSSR count). The molecule has 7 heavy (non-hydrogen) atoms. The summed E-state index contributed by atoms with van der Waals surface area (Å²) in [6.45, 7) is 0. The highest BCUT2D eigenvalue weighted by molar-refractivity contribution is 5.15. The lowest BCUT2D eigenvalue weighted by Crippen LogP contribution is -1.65. The zero-order valence-electron chi connectivity index (χ0n) is 3.48. The fraction of sp³-hybridized carbons (Fsp3) is 0. The van der Waals surface area contributed by atoms with Crippen LogP contribution in [-0.4, -0.2) is 10.1 Å². The predicted molar refractivity (Wildman–Crippen MR) is 22.4 cm³/mol. The fourth-order valence-corrected chi connectivity index (χ4v) is 0.341. The quantitative estimate of drug-likeness (QED) is 0.499. The van der Waals surface area contributed by atoms with Gasteiger partial charge < -0.3 is 10.1 Å². The van der Waals surface area contributed by atoms with E-state index in [1.165, 1.54) is 12.3 Å². The molecule has 0 aliphatic heterocycles. The highest BCUT2D eigenvalue weighted by Crippen LogP contribution is 2.09. The first-order chi connectivity index (χ1) is 3.30. The number of aromatic amines is 1. The van der Waals surface area contributed by atoms with Crippen molar-refractivity contribution in [2.45, 2.75) is 0 Å². The maximum atomic E-state index is 11.8. The van der Waals surface area contributed by atoms with Crippen LogP contribution in [0.3, 0.4) is 0 Å². The van der Waals surface area contributed by atoms with Crippen molar-refractivity contribution in [1.82, 2.24) is 4.98 Å². The first-order valence-electron chi connectivity index (χ1n) is 1.82. The lowest BCUT2D eigenvalue weighted by Gasteiger charge is -1.76. The van der Waals surface area contributed by atoms with Crippen LogP contribution in [0.25, 0.3) is 0 Å². The van der Waals surface area contributed by atoms with Crippen LogP contribution in [0.4, 0.5) is 4.39 Å². The summed E-state index contributed by atoms with van der Waals surface area (Å²) in [5.41, 5.74) is 0. The number of nitrogens with one attached hydrogen (secondary N) is 1. The molecule has 0 bridgehead atoms.